The van der Waals surface area contributed by atoms with Gasteiger partial charge in [0.1, 0.15) is 11.8 Å². The molecule has 0 aliphatic rings. The number of fused-ring (bicyclic) bond motifs is 9. The maximum Gasteiger partial charge on any atom is 0.238 e. The highest BCUT2D eigenvalue weighted by Crippen LogP contribution is 2.48. The van der Waals surface area contributed by atoms with Crippen molar-refractivity contribution in [2.75, 3.05) is 0 Å². The smallest absolute Gasteiger partial charge is 0.238 e. The van der Waals surface area contributed by atoms with Gasteiger partial charge in [0.2, 0.25) is 17.7 Å². The Hall–Kier alpha value is -11.5. The van der Waals surface area contributed by atoms with Crippen molar-refractivity contribution < 1.29 is 4.68 Å². The molecule has 7 heteroatoms. The Morgan fingerprint density at radius 3 is 1.11 bits per heavy atom. The number of rotatable bonds is 9. The molecule has 0 unspecified atom stereocenters. The summed E-state index contributed by atoms with van der Waals surface area (Å²) in [4.78, 5) is 5.61. The summed E-state index contributed by atoms with van der Waals surface area (Å²) < 4.78 is 9.10. The molecule has 0 fully saturated rings. The molecule has 386 valence electrons. The van der Waals surface area contributed by atoms with E-state index in [1.165, 1.54) is 0 Å². The van der Waals surface area contributed by atoms with Crippen molar-refractivity contribution in [3.63, 3.8) is 0 Å². The van der Waals surface area contributed by atoms with E-state index in [0.717, 1.165) is 133 Å². The predicted molar refractivity (Wildman–Crippen MR) is 338 cm³/mol. The summed E-state index contributed by atoms with van der Waals surface area (Å²) in [6.45, 7) is 0. The van der Waals surface area contributed by atoms with Crippen LogP contribution >= 0.6 is 0 Å². The van der Waals surface area contributed by atoms with Gasteiger partial charge in [0.05, 0.1) is 61.3 Å². The number of para-hydroxylation sites is 4. The average molecular weight is 1060 g/mol. The van der Waals surface area contributed by atoms with Gasteiger partial charge in [-0.2, -0.15) is 5.26 Å². The number of hydrogen-bond acceptors (Lipinski definition) is 3. The number of benzene rings is 12. The van der Waals surface area contributed by atoms with Crippen molar-refractivity contribution in [2.45, 2.75) is 0 Å². The van der Waals surface area contributed by atoms with Crippen molar-refractivity contribution >= 4 is 65.4 Å². The van der Waals surface area contributed by atoms with Gasteiger partial charge in [0.15, 0.2) is 0 Å². The molecule has 0 amide bonds. The highest BCUT2D eigenvalue weighted by Gasteiger charge is 2.33. The van der Waals surface area contributed by atoms with Crippen LogP contribution in [0.3, 0.4) is 0 Å². The molecule has 0 N–H and O–H groups in total. The van der Waals surface area contributed by atoms with E-state index in [0.29, 0.717) is 17.0 Å². The van der Waals surface area contributed by atoms with Crippen molar-refractivity contribution in [1.29, 1.82) is 5.26 Å². The van der Waals surface area contributed by atoms with Crippen LogP contribution in [0.25, 0.3) is 144 Å². The summed E-state index contributed by atoms with van der Waals surface area (Å²) in [6.07, 6.45) is 2.00. The van der Waals surface area contributed by atoms with Gasteiger partial charge < -0.3 is 13.7 Å². The molecule has 0 aliphatic heterocycles. The average Bonchev–Trinajstić information content (AvgIpc) is 2.06. The summed E-state index contributed by atoms with van der Waals surface area (Å²) in [5, 5.41) is 24.3. The summed E-state index contributed by atoms with van der Waals surface area (Å²) in [5.41, 5.74) is 18.6. The third kappa shape index (κ3) is 7.77. The molecule has 12 aromatic carbocycles. The van der Waals surface area contributed by atoms with E-state index in [1.54, 1.807) is 0 Å². The van der Waals surface area contributed by atoms with Crippen LogP contribution in [0.2, 0.25) is 0 Å². The van der Waals surface area contributed by atoms with Crippen molar-refractivity contribution in [2.24, 2.45) is 0 Å². The Balaban J connectivity index is 1.14. The molecule has 16 rings (SSSR count). The third-order valence-electron chi connectivity index (χ3n) is 16.4. The Morgan fingerprint density at radius 2 is 0.675 bits per heavy atom. The van der Waals surface area contributed by atoms with Crippen LogP contribution in [-0.2, 0) is 0 Å². The Labute approximate surface area is 478 Å². The van der Waals surface area contributed by atoms with Crippen LogP contribution in [0.4, 0.5) is 0 Å². The minimum Gasteiger partial charge on any atom is -0.306 e. The fourth-order valence-corrected chi connectivity index (χ4v) is 12.6. The second-order valence-corrected chi connectivity index (χ2v) is 21.1. The molecule has 4 aromatic heterocycles. The fraction of sp³-hybridized carbons (Fsp3) is 0. The molecule has 0 atom stereocenters. The lowest BCUT2D eigenvalue weighted by atomic mass is 10.0. The van der Waals surface area contributed by atoms with Gasteiger partial charge in [0, 0.05) is 55.1 Å². The number of aromatic nitrogens is 6. The Kier molecular flexibility index (Phi) is 11.1. The quantitative estimate of drug-likeness (QED) is 0.135. The van der Waals surface area contributed by atoms with E-state index >= 15 is 0 Å². The maximum atomic E-state index is 12.3. The van der Waals surface area contributed by atoms with Gasteiger partial charge in [-0.05, 0) is 98.7 Å². The van der Waals surface area contributed by atoms with Gasteiger partial charge in [-0.15, -0.1) is 0 Å². The standard InChI is InChI=1S/C76H48N7/c77-48-57-47-65(76-78-66(53-28-12-4-13-29-53)49-80(79-76)58-30-14-5-15-31-58)74(82-68-36-20-17-33-60(68)63-45-55(39-42-71(63)82)51-24-8-2-9-25-51)75(83-69-37-21-18-34-61(69)64-46-56(40-43-72(64)83)52-26-10-3-11-27-52)73(57)81-67-35-19-16-32-59(67)62-44-54(38-41-70(62)81)50-22-6-1-7-23-50/h1-47,49H/q+1. The van der Waals surface area contributed by atoms with Crippen LogP contribution in [0, 0.1) is 11.3 Å². The van der Waals surface area contributed by atoms with Crippen LogP contribution in [0.15, 0.2) is 291 Å². The molecule has 0 saturated carbocycles. The molecular weight excluding hydrogens is 1010 g/mol. The number of hydrogen-bond donors (Lipinski definition) is 0. The molecule has 0 aliphatic carbocycles. The first-order valence-corrected chi connectivity index (χ1v) is 28.0. The monoisotopic (exact) mass is 1060 g/mol. The summed E-state index contributed by atoms with van der Waals surface area (Å²) in [6, 6.07) is 103. The SMILES string of the molecule is N#Cc1cc(-c2nc(-c3ccccc3)c[n+](-c3ccccc3)n2)c(-n2c3ccccc3c3cc(-c4ccccc4)ccc32)c(-n2c3ccccc3c3cc(-c4ccccc4)ccc32)c1-n1c2ccccc2c2cc(-c3ccccc3)ccc21. The third-order valence-corrected chi connectivity index (χ3v) is 16.4. The predicted octanol–water partition coefficient (Wildman–Crippen LogP) is 18.3. The minimum atomic E-state index is 0.447. The van der Waals surface area contributed by atoms with Gasteiger partial charge in [-0.1, -0.05) is 212 Å². The molecule has 0 bridgehead atoms. The van der Waals surface area contributed by atoms with Gasteiger partial charge >= 0.3 is 0 Å². The topological polar surface area (TPSA) is 68.2 Å². The largest absolute Gasteiger partial charge is 0.306 e. The van der Waals surface area contributed by atoms with Crippen molar-refractivity contribution in [3.8, 4) is 84.8 Å². The van der Waals surface area contributed by atoms with Crippen LogP contribution in [0.5, 0.6) is 0 Å². The molecule has 0 radical (unpaired) electrons. The van der Waals surface area contributed by atoms with Gasteiger partial charge in [-0.25, -0.2) is 4.98 Å². The van der Waals surface area contributed by atoms with Crippen molar-refractivity contribution in [3.05, 3.63) is 297 Å². The van der Waals surface area contributed by atoms with Crippen LogP contribution < -0.4 is 4.68 Å². The van der Waals surface area contributed by atoms with E-state index in [4.69, 9.17) is 10.1 Å². The molecule has 0 spiro atoms. The Morgan fingerprint density at radius 1 is 0.313 bits per heavy atom. The first kappa shape index (κ1) is 47.5. The first-order valence-electron chi connectivity index (χ1n) is 28.0. The minimum absolute atomic E-state index is 0.447. The van der Waals surface area contributed by atoms with E-state index in [-0.39, 0.29) is 0 Å². The molecule has 0 saturated heterocycles. The molecule has 7 nitrogen and oxygen atoms in total. The van der Waals surface area contributed by atoms with E-state index in [2.05, 4.69) is 262 Å². The van der Waals surface area contributed by atoms with E-state index in [1.807, 2.05) is 53.3 Å². The maximum absolute atomic E-state index is 12.3. The van der Waals surface area contributed by atoms with E-state index < -0.39 is 0 Å². The van der Waals surface area contributed by atoms with Gasteiger partial charge in [0.25, 0.3) is 0 Å². The number of nitrogens with zero attached hydrogens (tertiary/aromatic N) is 7. The molecular formula is C76H48N7+. The molecule has 4 heterocycles. The van der Waals surface area contributed by atoms with Crippen LogP contribution in [0.1, 0.15) is 5.56 Å². The number of nitriles is 1. The second-order valence-electron chi connectivity index (χ2n) is 21.1. The second kappa shape index (κ2) is 19.4. The zero-order valence-corrected chi connectivity index (χ0v) is 44.8. The van der Waals surface area contributed by atoms with Gasteiger partial charge in [-0.3, -0.25) is 0 Å². The summed E-state index contributed by atoms with van der Waals surface area (Å²) >= 11 is 0. The summed E-state index contributed by atoms with van der Waals surface area (Å²) in [7, 11) is 0. The zero-order valence-electron chi connectivity index (χ0n) is 44.8. The Bertz CT molecular complexity index is 5190. The van der Waals surface area contributed by atoms with Crippen LogP contribution in [-0.4, -0.2) is 23.8 Å². The highest BCUT2D eigenvalue weighted by atomic mass is 15.3. The summed E-state index contributed by atoms with van der Waals surface area (Å²) in [5.74, 6) is 0.447. The lowest BCUT2D eigenvalue weighted by Gasteiger charge is -2.25. The van der Waals surface area contributed by atoms with Crippen molar-refractivity contribution in [1.82, 2.24) is 23.8 Å². The first-order chi connectivity index (χ1) is 41.1. The lowest BCUT2D eigenvalue weighted by molar-refractivity contribution is -0.658. The normalized spacial score (nSPS) is 11.6. The lowest BCUT2D eigenvalue weighted by Crippen LogP contribution is -2.36. The molecule has 83 heavy (non-hydrogen) atoms. The zero-order chi connectivity index (χ0) is 55.0. The highest BCUT2D eigenvalue weighted by molar-refractivity contribution is 6.16. The fourth-order valence-electron chi connectivity index (χ4n) is 12.6. The van der Waals surface area contributed by atoms with E-state index in [9.17, 15) is 5.26 Å². The molecule has 16 aromatic rings.